The predicted octanol–water partition coefficient (Wildman–Crippen LogP) is 3.54. The second kappa shape index (κ2) is 9.68. The van der Waals surface area contributed by atoms with Gasteiger partial charge in [0.25, 0.3) is 0 Å². The Bertz CT molecular complexity index is 1110. The van der Waals surface area contributed by atoms with Gasteiger partial charge in [-0.15, -0.1) is 10.2 Å². The number of piperazine rings is 1. The number of carbonyl (C=O) groups excluding carboxylic acids is 1. The summed E-state index contributed by atoms with van der Waals surface area (Å²) >= 11 is 0. The van der Waals surface area contributed by atoms with Gasteiger partial charge in [0.1, 0.15) is 11.6 Å². The Balaban J connectivity index is 1.44. The van der Waals surface area contributed by atoms with Crippen molar-refractivity contribution in [3.05, 3.63) is 53.9 Å². The van der Waals surface area contributed by atoms with E-state index in [-0.39, 0.29) is 11.9 Å². The fraction of sp³-hybridized carbons (Fsp3) is 0.348. The van der Waals surface area contributed by atoms with Gasteiger partial charge in [0.15, 0.2) is 5.82 Å². The van der Waals surface area contributed by atoms with Crippen molar-refractivity contribution in [1.82, 2.24) is 20.2 Å². The summed E-state index contributed by atoms with van der Waals surface area (Å²) in [5.74, 6) is 2.90. The number of ether oxygens (including phenoxy) is 3. The largest absolute Gasteiger partial charge is 0.514 e. The van der Waals surface area contributed by atoms with Gasteiger partial charge in [-0.25, -0.2) is 14.8 Å². The number of rotatable bonds is 5. The van der Waals surface area contributed by atoms with E-state index in [0.717, 1.165) is 42.3 Å². The van der Waals surface area contributed by atoms with Crippen molar-refractivity contribution in [2.24, 2.45) is 0 Å². The Morgan fingerprint density at radius 2 is 1.82 bits per heavy atom. The van der Waals surface area contributed by atoms with Gasteiger partial charge in [0.05, 0.1) is 19.5 Å². The first-order valence-corrected chi connectivity index (χ1v) is 10.6. The quantitative estimate of drug-likeness (QED) is 0.536. The molecule has 0 aliphatic carbocycles. The van der Waals surface area contributed by atoms with Crippen LogP contribution in [0.25, 0.3) is 0 Å². The molecule has 0 radical (unpaired) electrons. The molecular weight excluding hydrogens is 424 g/mol. The summed E-state index contributed by atoms with van der Waals surface area (Å²) in [4.78, 5) is 24.1. The molecule has 172 valence electrons. The first kappa shape index (κ1) is 22.3. The van der Waals surface area contributed by atoms with Crippen LogP contribution < -0.4 is 19.3 Å². The molecule has 0 unspecified atom stereocenters. The summed E-state index contributed by atoms with van der Waals surface area (Å²) in [5.41, 5.74) is 2.01. The van der Waals surface area contributed by atoms with Gasteiger partial charge >= 0.3 is 6.16 Å². The number of nitrogens with zero attached hydrogens (tertiary/aromatic N) is 6. The molecule has 1 aromatic carbocycles. The van der Waals surface area contributed by atoms with Crippen LogP contribution in [0.1, 0.15) is 18.1 Å². The minimum atomic E-state index is -0.828. The molecule has 1 aliphatic heterocycles. The van der Waals surface area contributed by atoms with Crippen LogP contribution in [0.4, 0.5) is 16.4 Å². The smallest absolute Gasteiger partial charge is 0.437 e. The zero-order valence-corrected chi connectivity index (χ0v) is 19.1. The second-order valence-electron chi connectivity index (χ2n) is 7.75. The van der Waals surface area contributed by atoms with E-state index in [1.54, 1.807) is 6.20 Å². The third-order valence-electron chi connectivity index (χ3n) is 5.60. The maximum Gasteiger partial charge on any atom is 0.514 e. The maximum absolute atomic E-state index is 11.2. The van der Waals surface area contributed by atoms with Crippen LogP contribution in [-0.4, -0.2) is 59.1 Å². The number of methoxy groups -OCH3 is 1. The highest BCUT2D eigenvalue weighted by Crippen LogP contribution is 2.30. The zero-order valence-electron chi connectivity index (χ0n) is 19.1. The molecular formula is C23H26N6O4. The molecule has 4 rings (SSSR count). The lowest BCUT2D eigenvalue weighted by atomic mass is 10.1. The third kappa shape index (κ3) is 4.94. The minimum absolute atomic E-state index is 0.0936. The molecule has 3 aromatic rings. The van der Waals surface area contributed by atoms with E-state index in [4.69, 9.17) is 9.47 Å². The summed E-state index contributed by atoms with van der Waals surface area (Å²) in [6, 6.07) is 9.72. The Kier molecular flexibility index (Phi) is 6.53. The van der Waals surface area contributed by atoms with Gasteiger partial charge in [0.2, 0.25) is 11.8 Å². The summed E-state index contributed by atoms with van der Waals surface area (Å²) < 4.78 is 15.3. The van der Waals surface area contributed by atoms with Crippen LogP contribution in [0.3, 0.4) is 0 Å². The highest BCUT2D eigenvalue weighted by atomic mass is 16.7. The molecule has 0 N–H and O–H groups in total. The zero-order chi connectivity index (χ0) is 23.4. The summed E-state index contributed by atoms with van der Waals surface area (Å²) in [6.45, 7) is 8.39. The number of hydrogen-bond acceptors (Lipinski definition) is 10. The van der Waals surface area contributed by atoms with E-state index in [9.17, 15) is 4.79 Å². The number of aromatic nitrogens is 4. The third-order valence-corrected chi connectivity index (χ3v) is 5.60. The number of para-hydroxylation sites is 1. The molecule has 0 spiro atoms. The molecule has 10 heteroatoms. The average Bonchev–Trinajstić information content (AvgIpc) is 2.83. The van der Waals surface area contributed by atoms with Crippen LogP contribution in [0.2, 0.25) is 0 Å². The average molecular weight is 450 g/mol. The van der Waals surface area contributed by atoms with Gasteiger partial charge in [-0.05, 0) is 32.9 Å². The molecule has 33 heavy (non-hydrogen) atoms. The van der Waals surface area contributed by atoms with Crippen LogP contribution in [0, 0.1) is 13.8 Å². The summed E-state index contributed by atoms with van der Waals surface area (Å²) in [7, 11) is 1.24. The molecule has 1 atom stereocenters. The van der Waals surface area contributed by atoms with Crippen LogP contribution in [-0.2, 0) is 4.74 Å². The fourth-order valence-corrected chi connectivity index (χ4v) is 3.70. The Morgan fingerprint density at radius 1 is 1.03 bits per heavy atom. The molecule has 1 saturated heterocycles. The van der Waals surface area contributed by atoms with Gasteiger partial charge in [-0.3, -0.25) is 0 Å². The van der Waals surface area contributed by atoms with Gasteiger partial charge in [0, 0.05) is 36.8 Å². The first-order chi connectivity index (χ1) is 16.0. The molecule has 0 bridgehead atoms. The molecule has 1 aliphatic rings. The van der Waals surface area contributed by atoms with Crippen molar-refractivity contribution in [3.63, 3.8) is 0 Å². The van der Waals surface area contributed by atoms with Gasteiger partial charge in [-0.1, -0.05) is 18.2 Å². The molecule has 0 amide bonds. The van der Waals surface area contributed by atoms with Crippen molar-refractivity contribution < 1.29 is 19.0 Å². The highest BCUT2D eigenvalue weighted by molar-refractivity contribution is 5.62. The summed E-state index contributed by atoms with van der Waals surface area (Å²) in [5, 5.41) is 8.83. The lowest BCUT2D eigenvalue weighted by Gasteiger charge is -2.41. The standard InChI is InChI=1S/C23H26N6O4/c1-15-14-28(10-11-29(15)19-12-25-20(13-24-19)33-23(30)31-4)21-16(2)17(3)22(27-26-21)32-18-8-6-5-7-9-18/h5-9,12-13,15H,10-11,14H2,1-4H3/t15-/m1/s1. The first-order valence-electron chi connectivity index (χ1n) is 10.6. The van der Waals surface area contributed by atoms with E-state index < -0.39 is 6.16 Å². The number of anilines is 2. The lowest BCUT2D eigenvalue weighted by Crippen LogP contribution is -2.53. The van der Waals surface area contributed by atoms with E-state index in [1.807, 2.05) is 44.2 Å². The topological polar surface area (TPSA) is 103 Å². The van der Waals surface area contributed by atoms with E-state index in [2.05, 4.69) is 41.6 Å². The number of carbonyl (C=O) groups is 1. The monoisotopic (exact) mass is 450 g/mol. The summed E-state index contributed by atoms with van der Waals surface area (Å²) in [6.07, 6.45) is 2.18. The number of hydrogen-bond donors (Lipinski definition) is 0. The van der Waals surface area contributed by atoms with Crippen molar-refractivity contribution in [2.45, 2.75) is 26.8 Å². The number of benzene rings is 1. The van der Waals surface area contributed by atoms with Crippen LogP contribution >= 0.6 is 0 Å². The predicted molar refractivity (Wildman–Crippen MR) is 122 cm³/mol. The van der Waals surface area contributed by atoms with Crippen molar-refractivity contribution in [3.8, 4) is 17.5 Å². The Hall–Kier alpha value is -3.95. The molecule has 3 heterocycles. The minimum Gasteiger partial charge on any atom is -0.437 e. The lowest BCUT2D eigenvalue weighted by molar-refractivity contribution is 0.119. The van der Waals surface area contributed by atoms with Crippen molar-refractivity contribution in [2.75, 3.05) is 36.5 Å². The molecule has 2 aromatic heterocycles. The fourth-order valence-electron chi connectivity index (χ4n) is 3.70. The van der Waals surface area contributed by atoms with E-state index in [0.29, 0.717) is 11.7 Å². The maximum atomic E-state index is 11.2. The van der Waals surface area contributed by atoms with Gasteiger partial charge < -0.3 is 24.0 Å². The highest BCUT2D eigenvalue weighted by Gasteiger charge is 2.28. The van der Waals surface area contributed by atoms with Gasteiger partial charge in [-0.2, -0.15) is 0 Å². The SMILES string of the molecule is COC(=O)Oc1cnc(N2CCN(c3nnc(Oc4ccccc4)c(C)c3C)C[C@H]2C)cn1. The van der Waals surface area contributed by atoms with Crippen LogP contribution in [0.5, 0.6) is 17.5 Å². The molecule has 0 saturated carbocycles. The van der Waals surface area contributed by atoms with E-state index in [1.165, 1.54) is 13.3 Å². The normalized spacial score (nSPS) is 15.8. The Labute approximate surface area is 192 Å². The molecule has 10 nitrogen and oxygen atoms in total. The Morgan fingerprint density at radius 3 is 2.48 bits per heavy atom. The van der Waals surface area contributed by atoms with Crippen molar-refractivity contribution >= 4 is 17.8 Å². The van der Waals surface area contributed by atoms with Crippen molar-refractivity contribution in [1.29, 1.82) is 0 Å². The molecule has 1 fully saturated rings. The van der Waals surface area contributed by atoms with Crippen LogP contribution in [0.15, 0.2) is 42.7 Å². The second-order valence-corrected chi connectivity index (χ2v) is 7.75. The van der Waals surface area contributed by atoms with E-state index >= 15 is 0 Å².